The summed E-state index contributed by atoms with van der Waals surface area (Å²) in [6.07, 6.45) is 3.65. The summed E-state index contributed by atoms with van der Waals surface area (Å²) in [4.78, 5) is 75.8. The molecule has 4 aliphatic rings. The van der Waals surface area contributed by atoms with Gasteiger partial charge < -0.3 is 30.7 Å². The molecule has 1 saturated carbocycles. The van der Waals surface area contributed by atoms with Crippen LogP contribution in [0.3, 0.4) is 0 Å². The van der Waals surface area contributed by atoms with Crippen molar-refractivity contribution >= 4 is 35.5 Å². The fraction of sp³-hybridized carbons (Fsp3) is 0.367. The summed E-state index contributed by atoms with van der Waals surface area (Å²) in [7, 11) is 1.20. The Hall–Kier alpha value is -6.49. The number of hydrogen-bond acceptors (Lipinski definition) is 10. The van der Waals surface area contributed by atoms with Crippen molar-refractivity contribution in [2.45, 2.75) is 93.7 Å². The third-order valence-corrected chi connectivity index (χ3v) is 12.9. The van der Waals surface area contributed by atoms with E-state index in [4.69, 9.17) is 15.2 Å². The number of urea groups is 1. The minimum Gasteiger partial charge on any atom is -0.508 e. The van der Waals surface area contributed by atoms with Crippen LogP contribution >= 0.6 is 0 Å². The zero-order valence-electron chi connectivity index (χ0n) is 34.8. The Morgan fingerprint density at radius 2 is 1.48 bits per heavy atom. The number of ether oxygens (including phenoxy) is 2. The number of benzene rings is 4. The van der Waals surface area contributed by atoms with E-state index in [1.807, 2.05) is 65.6 Å². The number of rotatable bonds is 7. The second kappa shape index (κ2) is 16.8. The zero-order valence-corrected chi connectivity index (χ0v) is 34.8. The van der Waals surface area contributed by atoms with E-state index in [9.17, 15) is 29.4 Å². The fourth-order valence-corrected chi connectivity index (χ4v) is 10.1. The maximum Gasteiger partial charge on any atom is 0.329 e. The van der Waals surface area contributed by atoms with Gasteiger partial charge in [-0.2, -0.15) is 0 Å². The van der Waals surface area contributed by atoms with Crippen molar-refractivity contribution in [3.05, 3.63) is 131 Å². The number of aliphatic hydroxyl groups is 1. The molecule has 3 aliphatic heterocycles. The second-order valence-electron chi connectivity index (χ2n) is 17.0. The van der Waals surface area contributed by atoms with Crippen molar-refractivity contribution in [2.75, 3.05) is 12.0 Å². The molecule has 3 heterocycles. The van der Waals surface area contributed by atoms with Gasteiger partial charge in [-0.15, -0.1) is 0 Å². The molecule has 0 unspecified atom stereocenters. The summed E-state index contributed by atoms with van der Waals surface area (Å²) in [5.41, 5.74) is 5.53. The molecule has 0 aromatic heterocycles. The van der Waals surface area contributed by atoms with E-state index < -0.39 is 82.9 Å². The van der Waals surface area contributed by atoms with Gasteiger partial charge in [-0.25, -0.2) is 14.5 Å². The lowest BCUT2D eigenvalue weighted by atomic mass is 9.65. The number of primary amides is 1. The van der Waals surface area contributed by atoms with E-state index in [0.717, 1.165) is 30.6 Å². The number of carbonyl (C=O) groups excluding carboxylic acids is 5. The van der Waals surface area contributed by atoms with Crippen LogP contribution in [0.15, 0.2) is 103 Å². The molecular weight excluding hydrogens is 789 g/mol. The second-order valence-corrected chi connectivity index (χ2v) is 17.0. The number of imide groups is 1. The molecule has 2 saturated heterocycles. The molecule has 4 amide bonds. The van der Waals surface area contributed by atoms with E-state index >= 15 is 4.79 Å². The molecule has 7 atom stereocenters. The quantitative estimate of drug-likeness (QED) is 0.0994. The largest absolute Gasteiger partial charge is 0.508 e. The minimum atomic E-state index is -2.12. The summed E-state index contributed by atoms with van der Waals surface area (Å²) in [6, 6.07) is 23.8. The van der Waals surface area contributed by atoms with Crippen LogP contribution in [0.25, 0.3) is 0 Å². The van der Waals surface area contributed by atoms with E-state index in [1.165, 1.54) is 19.2 Å². The van der Waals surface area contributed by atoms with Crippen LogP contribution in [0.2, 0.25) is 0 Å². The average Bonchev–Trinajstić information content (AvgIpc) is 3.61. The average molecular weight is 839 g/mol. The zero-order chi connectivity index (χ0) is 43.9. The Labute approximate surface area is 360 Å². The molecule has 3 fully saturated rings. The number of cyclic esters (lactones) is 1. The Bertz CT molecular complexity index is 2440. The first-order chi connectivity index (χ1) is 29.8. The number of nitrogens with one attached hydrogen (secondary N) is 1. The van der Waals surface area contributed by atoms with Gasteiger partial charge in [0.2, 0.25) is 11.8 Å². The Morgan fingerprint density at radius 1 is 0.855 bits per heavy atom. The molecule has 13 nitrogen and oxygen atoms in total. The number of nitrogens with zero attached hydrogens (tertiary/aromatic N) is 2. The normalized spacial score (nSPS) is 25.8. The van der Waals surface area contributed by atoms with Crippen molar-refractivity contribution in [1.29, 1.82) is 0 Å². The number of carbonyl (C=O) groups is 5. The molecule has 1 aliphatic carbocycles. The molecule has 320 valence electrons. The highest BCUT2D eigenvalue weighted by Gasteiger charge is 2.75. The third-order valence-electron chi connectivity index (χ3n) is 12.9. The number of hydrogen-bond donors (Lipinski definition) is 4. The van der Waals surface area contributed by atoms with E-state index in [0.29, 0.717) is 35.1 Å². The van der Waals surface area contributed by atoms with Gasteiger partial charge in [0, 0.05) is 5.56 Å². The number of nitrogens with two attached hydrogens (primary N) is 1. The maximum absolute atomic E-state index is 16.1. The van der Waals surface area contributed by atoms with Gasteiger partial charge >= 0.3 is 18.0 Å². The number of phenols is 1. The predicted molar refractivity (Wildman–Crippen MR) is 228 cm³/mol. The van der Waals surface area contributed by atoms with Crippen molar-refractivity contribution in [3.63, 3.8) is 0 Å². The van der Waals surface area contributed by atoms with Gasteiger partial charge in [-0.05, 0) is 84.2 Å². The highest BCUT2D eigenvalue weighted by Crippen LogP contribution is 2.65. The number of anilines is 1. The van der Waals surface area contributed by atoms with Gasteiger partial charge in [0.25, 0.3) is 0 Å². The SMILES string of the molecule is COC(=O)[C@@H](NC(=O)N1C(=O)[C@@]2(c3cc(C#CC4(O)CCCCCC4)ccc31)[C@H](c1ccc(O)cc1)N1[C@H](c3ccccc3)[C@H](c3ccccc3)OC(=O)[C@H]1[C@@H]2C(N)=O)C(C)C. The van der Waals surface area contributed by atoms with Crippen molar-refractivity contribution < 1.29 is 43.7 Å². The monoisotopic (exact) mass is 838 g/mol. The van der Waals surface area contributed by atoms with Gasteiger partial charge in [0.1, 0.15) is 35.0 Å². The first kappa shape index (κ1) is 42.2. The molecule has 0 bridgehead atoms. The number of aromatic hydroxyl groups is 1. The summed E-state index contributed by atoms with van der Waals surface area (Å²) >= 11 is 0. The molecule has 62 heavy (non-hydrogen) atoms. The number of methoxy groups -OCH3 is 1. The summed E-state index contributed by atoms with van der Waals surface area (Å²) in [5.74, 6) is 0.664. The molecule has 5 N–H and O–H groups in total. The van der Waals surface area contributed by atoms with E-state index in [1.54, 1.807) is 44.2 Å². The number of fused-ring (bicyclic) bond motifs is 3. The van der Waals surface area contributed by atoms with Gasteiger partial charge in [-0.3, -0.25) is 19.3 Å². The molecule has 8 rings (SSSR count). The van der Waals surface area contributed by atoms with Crippen molar-refractivity contribution in [2.24, 2.45) is 17.6 Å². The smallest absolute Gasteiger partial charge is 0.329 e. The van der Waals surface area contributed by atoms with Gasteiger partial charge in [0.15, 0.2) is 0 Å². The Balaban J connectivity index is 1.42. The molecule has 0 radical (unpaired) electrons. The van der Waals surface area contributed by atoms with E-state index in [-0.39, 0.29) is 17.0 Å². The van der Waals surface area contributed by atoms with Crippen LogP contribution in [-0.2, 0) is 34.1 Å². The van der Waals surface area contributed by atoms with Crippen LogP contribution in [-0.4, -0.2) is 69.7 Å². The van der Waals surface area contributed by atoms with Crippen LogP contribution in [0, 0.1) is 23.7 Å². The van der Waals surface area contributed by atoms with Crippen LogP contribution in [0.5, 0.6) is 5.75 Å². The lowest BCUT2D eigenvalue weighted by Crippen LogP contribution is -2.57. The van der Waals surface area contributed by atoms with Crippen LogP contribution < -0.4 is 16.0 Å². The molecule has 13 heteroatoms. The molecule has 1 spiro atoms. The molecule has 4 aromatic carbocycles. The predicted octanol–water partition coefficient (Wildman–Crippen LogP) is 5.89. The number of phenolic OH excluding ortho intramolecular Hbond substituents is 1. The third kappa shape index (κ3) is 7.16. The first-order valence-corrected chi connectivity index (χ1v) is 21.1. The lowest BCUT2D eigenvalue weighted by molar-refractivity contribution is -0.178. The first-order valence-electron chi connectivity index (χ1n) is 21.1. The van der Waals surface area contributed by atoms with Gasteiger partial charge in [0.05, 0.1) is 30.8 Å². The molecular formula is C49H50N4O9. The highest BCUT2D eigenvalue weighted by molar-refractivity contribution is 6.25. The highest BCUT2D eigenvalue weighted by atomic mass is 16.6. The van der Waals surface area contributed by atoms with Crippen LogP contribution in [0.1, 0.15) is 98.4 Å². The number of morpholine rings is 1. The van der Waals surface area contributed by atoms with Gasteiger partial charge in [-0.1, -0.05) is 111 Å². The van der Waals surface area contributed by atoms with E-state index in [2.05, 4.69) is 17.2 Å². The summed E-state index contributed by atoms with van der Waals surface area (Å²) in [6.45, 7) is 3.43. The lowest BCUT2D eigenvalue weighted by Gasteiger charge is -2.46. The van der Waals surface area contributed by atoms with Crippen LogP contribution in [0.4, 0.5) is 10.5 Å². The maximum atomic E-state index is 16.1. The Kier molecular flexibility index (Phi) is 11.4. The minimum absolute atomic E-state index is 0.0701. The number of amides is 4. The topological polar surface area (TPSA) is 189 Å². The standard InChI is InChI=1S/C49H50N4O9/c1-29(2)38(44(56)61-3)51-47(59)52-36-23-18-30(24-27-48(60)25-12-4-5-13-26-48)28-35(36)49(46(52)58)37(43(50)55)40-45(57)62-41(32-16-10-7-11-17-32)39(31-14-8-6-9-15-31)53(40)42(49)33-19-21-34(54)22-20-33/h6-11,14-23,28-29,37-42,54,60H,4-5,12-13,25-26H2,1-3H3,(H2,50,55)(H,51,59)/t37-,38+,39-,40-,41+,42+,49-/m1/s1. The van der Waals surface area contributed by atoms with Crippen molar-refractivity contribution in [3.8, 4) is 17.6 Å². The Morgan fingerprint density at radius 3 is 2.08 bits per heavy atom. The number of esters is 2. The molecule has 4 aromatic rings. The fourth-order valence-electron chi connectivity index (χ4n) is 10.1. The summed E-state index contributed by atoms with van der Waals surface area (Å²) in [5, 5.41) is 24.8. The van der Waals surface area contributed by atoms with Crippen molar-refractivity contribution in [1.82, 2.24) is 10.2 Å². The summed E-state index contributed by atoms with van der Waals surface area (Å²) < 4.78 is 11.4.